The number of nitriles is 1. The number of phenolic OH excluding ortho intramolecular Hbond substituents is 1. The van der Waals surface area contributed by atoms with Crippen LogP contribution in [0.25, 0.3) is 6.08 Å². The van der Waals surface area contributed by atoms with Crippen LogP contribution < -0.4 is 10.1 Å². The quantitative estimate of drug-likeness (QED) is 0.657. The third-order valence-corrected chi connectivity index (χ3v) is 3.57. The Hall–Kier alpha value is -2.48. The van der Waals surface area contributed by atoms with Gasteiger partial charge in [0.05, 0.1) is 7.11 Å². The Labute approximate surface area is 123 Å². The molecule has 1 fully saturated rings. The Kier molecular flexibility index (Phi) is 4.83. The Morgan fingerprint density at radius 2 is 2.19 bits per heavy atom. The van der Waals surface area contributed by atoms with E-state index >= 15 is 0 Å². The fourth-order valence-corrected chi connectivity index (χ4v) is 2.43. The molecule has 0 aliphatic heterocycles. The molecule has 110 valence electrons. The van der Waals surface area contributed by atoms with E-state index in [2.05, 4.69) is 5.32 Å². The molecule has 2 N–H and O–H groups in total. The zero-order chi connectivity index (χ0) is 15.2. The largest absolute Gasteiger partial charge is 0.504 e. The molecular formula is C16H18N2O3. The van der Waals surface area contributed by atoms with Crippen molar-refractivity contribution in [2.75, 3.05) is 7.11 Å². The molecule has 1 saturated carbocycles. The van der Waals surface area contributed by atoms with E-state index in [-0.39, 0.29) is 23.3 Å². The lowest BCUT2D eigenvalue weighted by molar-refractivity contribution is -0.117. The number of benzene rings is 1. The second-order valence-electron chi connectivity index (χ2n) is 5.06. The van der Waals surface area contributed by atoms with E-state index in [4.69, 9.17) is 10.00 Å². The van der Waals surface area contributed by atoms with E-state index < -0.39 is 0 Å². The lowest BCUT2D eigenvalue weighted by Gasteiger charge is -2.11. The number of nitrogens with one attached hydrogen (secondary N) is 1. The molecule has 21 heavy (non-hydrogen) atoms. The van der Waals surface area contributed by atoms with Crippen LogP contribution in [0, 0.1) is 11.3 Å². The maximum Gasteiger partial charge on any atom is 0.262 e. The number of ether oxygens (including phenoxy) is 1. The SMILES string of the molecule is COc1cc(C=C(C#N)C(=O)NC2CCCC2)ccc1O. The van der Waals surface area contributed by atoms with Crippen LogP contribution in [0.2, 0.25) is 0 Å². The highest BCUT2D eigenvalue weighted by molar-refractivity contribution is 6.01. The number of hydrogen-bond donors (Lipinski definition) is 2. The van der Waals surface area contributed by atoms with Gasteiger partial charge in [0, 0.05) is 6.04 Å². The van der Waals surface area contributed by atoms with Gasteiger partial charge in [0.25, 0.3) is 5.91 Å². The fraction of sp³-hybridized carbons (Fsp3) is 0.375. The zero-order valence-corrected chi connectivity index (χ0v) is 11.9. The van der Waals surface area contributed by atoms with Gasteiger partial charge >= 0.3 is 0 Å². The standard InChI is InChI=1S/C16H18N2O3/c1-21-15-9-11(6-7-14(15)19)8-12(10-17)16(20)18-13-4-2-3-5-13/h6-9,13,19H,2-5H2,1H3,(H,18,20). The minimum atomic E-state index is -0.351. The van der Waals surface area contributed by atoms with Crippen molar-refractivity contribution in [2.45, 2.75) is 31.7 Å². The van der Waals surface area contributed by atoms with Crippen LogP contribution >= 0.6 is 0 Å². The number of carbonyl (C=O) groups is 1. The second kappa shape index (κ2) is 6.80. The van der Waals surface area contributed by atoms with Gasteiger partial charge in [-0.25, -0.2) is 0 Å². The highest BCUT2D eigenvalue weighted by Crippen LogP contribution is 2.27. The predicted molar refractivity (Wildman–Crippen MR) is 78.6 cm³/mol. The molecule has 0 radical (unpaired) electrons. The molecule has 0 atom stereocenters. The van der Waals surface area contributed by atoms with Crippen LogP contribution in [0.1, 0.15) is 31.2 Å². The van der Waals surface area contributed by atoms with E-state index in [0.29, 0.717) is 11.3 Å². The maximum atomic E-state index is 12.1. The number of carbonyl (C=O) groups excluding carboxylic acids is 1. The molecule has 5 heteroatoms. The molecule has 1 aromatic rings. The first-order chi connectivity index (χ1) is 10.1. The molecule has 1 amide bonds. The summed E-state index contributed by atoms with van der Waals surface area (Å²) in [5.41, 5.74) is 0.678. The highest BCUT2D eigenvalue weighted by Gasteiger charge is 2.19. The second-order valence-corrected chi connectivity index (χ2v) is 5.06. The molecule has 2 rings (SSSR count). The number of aromatic hydroxyl groups is 1. The summed E-state index contributed by atoms with van der Waals surface area (Å²) in [6.07, 6.45) is 5.67. The molecule has 0 heterocycles. The first-order valence-electron chi connectivity index (χ1n) is 6.93. The number of hydrogen-bond acceptors (Lipinski definition) is 4. The summed E-state index contributed by atoms with van der Waals surface area (Å²) in [6, 6.07) is 6.76. The molecule has 0 saturated heterocycles. The summed E-state index contributed by atoms with van der Waals surface area (Å²) in [5, 5.41) is 21.6. The third-order valence-electron chi connectivity index (χ3n) is 3.57. The maximum absolute atomic E-state index is 12.1. The predicted octanol–water partition coefficient (Wildman–Crippen LogP) is 2.37. The fourth-order valence-electron chi connectivity index (χ4n) is 2.43. The average molecular weight is 286 g/mol. The van der Waals surface area contributed by atoms with E-state index in [0.717, 1.165) is 25.7 Å². The molecule has 1 aliphatic rings. The molecule has 5 nitrogen and oxygen atoms in total. The average Bonchev–Trinajstić information content (AvgIpc) is 2.99. The van der Waals surface area contributed by atoms with Gasteiger partial charge in [-0.3, -0.25) is 4.79 Å². The summed E-state index contributed by atoms with van der Waals surface area (Å²) in [7, 11) is 1.44. The Balaban J connectivity index is 2.15. The number of phenols is 1. The highest BCUT2D eigenvalue weighted by atomic mass is 16.5. The van der Waals surface area contributed by atoms with Gasteiger partial charge in [-0.15, -0.1) is 0 Å². The monoisotopic (exact) mass is 286 g/mol. The van der Waals surface area contributed by atoms with Crippen molar-refractivity contribution < 1.29 is 14.6 Å². The minimum Gasteiger partial charge on any atom is -0.504 e. The number of nitrogens with zero attached hydrogens (tertiary/aromatic N) is 1. The van der Waals surface area contributed by atoms with Gasteiger partial charge in [-0.05, 0) is 36.6 Å². The van der Waals surface area contributed by atoms with Crippen molar-refractivity contribution in [3.05, 3.63) is 29.3 Å². The molecule has 0 aromatic heterocycles. The van der Waals surface area contributed by atoms with E-state index in [1.807, 2.05) is 6.07 Å². The van der Waals surface area contributed by atoms with Gasteiger partial charge in [0.1, 0.15) is 11.6 Å². The van der Waals surface area contributed by atoms with Gasteiger partial charge in [0.15, 0.2) is 11.5 Å². The van der Waals surface area contributed by atoms with Gasteiger partial charge in [-0.2, -0.15) is 5.26 Å². The number of rotatable bonds is 4. The molecule has 1 aliphatic carbocycles. The Bertz CT molecular complexity index is 596. The van der Waals surface area contributed by atoms with E-state index in [1.165, 1.54) is 19.3 Å². The van der Waals surface area contributed by atoms with Crippen molar-refractivity contribution in [3.63, 3.8) is 0 Å². The molecular weight excluding hydrogens is 268 g/mol. The van der Waals surface area contributed by atoms with Crippen molar-refractivity contribution in [3.8, 4) is 17.6 Å². The van der Waals surface area contributed by atoms with E-state index in [1.54, 1.807) is 12.1 Å². The normalized spacial score (nSPS) is 15.5. The molecule has 1 aromatic carbocycles. The van der Waals surface area contributed by atoms with Crippen LogP contribution in [0.4, 0.5) is 0 Å². The van der Waals surface area contributed by atoms with Gasteiger partial charge < -0.3 is 15.2 Å². The Morgan fingerprint density at radius 3 is 2.81 bits per heavy atom. The third kappa shape index (κ3) is 3.76. The van der Waals surface area contributed by atoms with Crippen LogP contribution in [-0.2, 0) is 4.79 Å². The number of methoxy groups -OCH3 is 1. The molecule has 0 bridgehead atoms. The first kappa shape index (κ1) is 14.9. The van der Waals surface area contributed by atoms with Crippen molar-refractivity contribution >= 4 is 12.0 Å². The first-order valence-corrected chi connectivity index (χ1v) is 6.93. The van der Waals surface area contributed by atoms with Gasteiger partial charge in [0.2, 0.25) is 0 Å². The van der Waals surface area contributed by atoms with Crippen molar-refractivity contribution in [1.29, 1.82) is 5.26 Å². The van der Waals surface area contributed by atoms with Crippen LogP contribution in [0.5, 0.6) is 11.5 Å². The van der Waals surface area contributed by atoms with Crippen LogP contribution in [0.15, 0.2) is 23.8 Å². The topological polar surface area (TPSA) is 82.3 Å². The van der Waals surface area contributed by atoms with Crippen LogP contribution in [-0.4, -0.2) is 24.2 Å². The smallest absolute Gasteiger partial charge is 0.262 e. The lowest BCUT2D eigenvalue weighted by atomic mass is 10.1. The lowest BCUT2D eigenvalue weighted by Crippen LogP contribution is -2.33. The summed E-state index contributed by atoms with van der Waals surface area (Å²) >= 11 is 0. The minimum absolute atomic E-state index is 0.0172. The summed E-state index contributed by atoms with van der Waals surface area (Å²) in [6.45, 7) is 0. The van der Waals surface area contributed by atoms with Crippen molar-refractivity contribution in [2.24, 2.45) is 0 Å². The molecule has 0 unspecified atom stereocenters. The van der Waals surface area contributed by atoms with E-state index in [9.17, 15) is 9.90 Å². The van der Waals surface area contributed by atoms with Gasteiger partial charge in [-0.1, -0.05) is 18.9 Å². The van der Waals surface area contributed by atoms with Crippen LogP contribution in [0.3, 0.4) is 0 Å². The van der Waals surface area contributed by atoms with Crippen molar-refractivity contribution in [1.82, 2.24) is 5.32 Å². The number of amides is 1. The summed E-state index contributed by atoms with van der Waals surface area (Å²) < 4.78 is 5.01. The summed E-state index contributed by atoms with van der Waals surface area (Å²) in [4.78, 5) is 12.1. The summed E-state index contributed by atoms with van der Waals surface area (Å²) in [5.74, 6) is -0.0303. The molecule has 0 spiro atoms. The zero-order valence-electron chi connectivity index (χ0n) is 11.9. The Morgan fingerprint density at radius 1 is 1.48 bits per heavy atom.